The lowest BCUT2D eigenvalue weighted by atomic mass is 10.3. The van der Waals surface area contributed by atoms with Crippen LogP contribution in [-0.4, -0.2) is 37.4 Å². The molecule has 3 aromatic heterocycles. The summed E-state index contributed by atoms with van der Waals surface area (Å²) in [5.41, 5.74) is 2.79. The van der Waals surface area contributed by atoms with E-state index >= 15 is 0 Å². The van der Waals surface area contributed by atoms with Gasteiger partial charge in [-0.1, -0.05) is 12.1 Å². The summed E-state index contributed by atoms with van der Waals surface area (Å²) in [7, 11) is 1.60. The molecule has 0 unspecified atom stereocenters. The molecule has 1 amide bonds. The van der Waals surface area contributed by atoms with Crippen molar-refractivity contribution in [2.75, 3.05) is 7.11 Å². The average Bonchev–Trinajstić information content (AvgIpc) is 3.33. The molecule has 1 N–H and O–H groups in total. The molecule has 130 valence electrons. The molecule has 4 rings (SSSR count). The fourth-order valence-corrected chi connectivity index (χ4v) is 2.67. The second-order valence-electron chi connectivity index (χ2n) is 5.59. The Morgan fingerprint density at radius 3 is 2.96 bits per heavy atom. The maximum Gasteiger partial charge on any atom is 0.254 e. The van der Waals surface area contributed by atoms with Crippen LogP contribution in [0.4, 0.5) is 0 Å². The van der Waals surface area contributed by atoms with Gasteiger partial charge in [-0.05, 0) is 18.2 Å². The van der Waals surface area contributed by atoms with Gasteiger partial charge in [0, 0.05) is 30.7 Å². The van der Waals surface area contributed by atoms with E-state index < -0.39 is 0 Å². The van der Waals surface area contributed by atoms with Crippen molar-refractivity contribution in [3.8, 4) is 11.4 Å². The molecule has 0 spiro atoms. The van der Waals surface area contributed by atoms with E-state index in [-0.39, 0.29) is 5.91 Å². The van der Waals surface area contributed by atoms with Gasteiger partial charge in [0.05, 0.1) is 25.1 Å². The molecular formula is C18H16N6O2. The molecule has 0 aliphatic heterocycles. The summed E-state index contributed by atoms with van der Waals surface area (Å²) in [5.74, 6) is 0.460. The van der Waals surface area contributed by atoms with Crippen LogP contribution in [-0.2, 0) is 6.54 Å². The molecule has 4 aromatic rings. The van der Waals surface area contributed by atoms with Gasteiger partial charge in [-0.3, -0.25) is 4.79 Å². The van der Waals surface area contributed by atoms with Gasteiger partial charge in [0.2, 0.25) is 0 Å². The van der Waals surface area contributed by atoms with Crippen molar-refractivity contribution in [2.24, 2.45) is 0 Å². The number of nitrogens with zero attached hydrogens (tertiary/aromatic N) is 5. The first kappa shape index (κ1) is 15.8. The highest BCUT2D eigenvalue weighted by Crippen LogP contribution is 2.21. The smallest absolute Gasteiger partial charge is 0.254 e. The second kappa shape index (κ2) is 6.67. The molecule has 3 heterocycles. The molecule has 0 saturated carbocycles. The van der Waals surface area contributed by atoms with E-state index in [0.29, 0.717) is 17.9 Å². The molecule has 8 heteroatoms. The Labute approximate surface area is 149 Å². The summed E-state index contributed by atoms with van der Waals surface area (Å²) in [5, 5.41) is 11.3. The fraction of sp³-hybridized carbons (Fsp3) is 0.111. The van der Waals surface area contributed by atoms with E-state index in [1.165, 1.54) is 6.20 Å². The van der Waals surface area contributed by atoms with Crippen molar-refractivity contribution in [1.82, 2.24) is 29.7 Å². The molecule has 0 atom stereocenters. The van der Waals surface area contributed by atoms with Crippen LogP contribution < -0.4 is 10.1 Å². The number of ether oxygens (including phenoxy) is 1. The van der Waals surface area contributed by atoms with Gasteiger partial charge >= 0.3 is 0 Å². The lowest BCUT2D eigenvalue weighted by molar-refractivity contribution is 0.0951. The van der Waals surface area contributed by atoms with E-state index in [0.717, 1.165) is 16.9 Å². The second-order valence-corrected chi connectivity index (χ2v) is 5.59. The third kappa shape index (κ3) is 2.88. The summed E-state index contributed by atoms with van der Waals surface area (Å²) >= 11 is 0. The maximum absolute atomic E-state index is 12.4. The number of amides is 1. The zero-order valence-electron chi connectivity index (χ0n) is 14.0. The van der Waals surface area contributed by atoms with E-state index in [9.17, 15) is 4.79 Å². The third-order valence-electron chi connectivity index (χ3n) is 3.97. The molecule has 0 fully saturated rings. The van der Waals surface area contributed by atoms with E-state index in [1.54, 1.807) is 41.0 Å². The van der Waals surface area contributed by atoms with Crippen molar-refractivity contribution in [2.45, 2.75) is 6.54 Å². The molecule has 8 nitrogen and oxygen atoms in total. The molecule has 0 saturated heterocycles. The van der Waals surface area contributed by atoms with Crippen molar-refractivity contribution in [3.05, 3.63) is 72.4 Å². The topological polar surface area (TPSA) is 86.3 Å². The largest absolute Gasteiger partial charge is 0.494 e. The van der Waals surface area contributed by atoms with Gasteiger partial charge in [-0.15, -0.1) is 0 Å². The van der Waals surface area contributed by atoms with Crippen molar-refractivity contribution in [3.63, 3.8) is 0 Å². The average molecular weight is 348 g/mol. The zero-order valence-corrected chi connectivity index (χ0v) is 14.0. The summed E-state index contributed by atoms with van der Waals surface area (Å²) in [6, 6.07) is 9.28. The van der Waals surface area contributed by atoms with Gasteiger partial charge in [0.15, 0.2) is 5.65 Å². The predicted octanol–water partition coefficient (Wildman–Crippen LogP) is 1.85. The minimum absolute atomic E-state index is 0.221. The Morgan fingerprint density at radius 1 is 1.19 bits per heavy atom. The van der Waals surface area contributed by atoms with Crippen LogP contribution in [0.5, 0.6) is 5.75 Å². The number of aromatic nitrogens is 5. The first-order chi connectivity index (χ1) is 12.8. The molecular weight excluding hydrogens is 332 g/mol. The Kier molecular flexibility index (Phi) is 4.06. The summed E-state index contributed by atoms with van der Waals surface area (Å²) in [6.45, 7) is 0.333. The van der Waals surface area contributed by atoms with Crippen LogP contribution in [0, 0.1) is 0 Å². The van der Waals surface area contributed by atoms with Gasteiger partial charge in [-0.25, -0.2) is 14.2 Å². The predicted molar refractivity (Wildman–Crippen MR) is 94.3 cm³/mol. The lowest BCUT2D eigenvalue weighted by Crippen LogP contribution is -2.22. The zero-order chi connectivity index (χ0) is 17.9. The Hall–Kier alpha value is -3.68. The monoisotopic (exact) mass is 348 g/mol. The number of benzene rings is 1. The number of rotatable bonds is 5. The summed E-state index contributed by atoms with van der Waals surface area (Å²) in [4.78, 5) is 16.7. The number of carbonyl (C=O) groups is 1. The molecule has 0 radical (unpaired) electrons. The number of hydrogen-bond donors (Lipinski definition) is 1. The molecule has 26 heavy (non-hydrogen) atoms. The van der Waals surface area contributed by atoms with Crippen molar-refractivity contribution >= 4 is 11.6 Å². The molecule has 0 aliphatic rings. The number of hydrogen-bond acceptors (Lipinski definition) is 5. The Bertz CT molecular complexity index is 1070. The Morgan fingerprint density at radius 2 is 2.08 bits per heavy atom. The molecule has 0 aliphatic carbocycles. The van der Waals surface area contributed by atoms with Gasteiger partial charge < -0.3 is 10.1 Å². The van der Waals surface area contributed by atoms with Crippen LogP contribution in [0.2, 0.25) is 0 Å². The van der Waals surface area contributed by atoms with Crippen LogP contribution >= 0.6 is 0 Å². The quantitative estimate of drug-likeness (QED) is 0.595. The molecule has 0 bridgehead atoms. The van der Waals surface area contributed by atoms with Gasteiger partial charge in [0.1, 0.15) is 11.4 Å². The van der Waals surface area contributed by atoms with Crippen LogP contribution in [0.1, 0.15) is 15.9 Å². The first-order valence-corrected chi connectivity index (χ1v) is 8.00. The van der Waals surface area contributed by atoms with E-state index in [1.807, 2.05) is 30.5 Å². The highest BCUT2D eigenvalue weighted by molar-refractivity contribution is 5.93. The number of carbonyl (C=O) groups excluding carboxylic acids is 1. The summed E-state index contributed by atoms with van der Waals surface area (Å²) in [6.07, 6.45) is 8.39. The summed E-state index contributed by atoms with van der Waals surface area (Å²) < 4.78 is 8.61. The molecule has 1 aromatic carbocycles. The van der Waals surface area contributed by atoms with Gasteiger partial charge in [-0.2, -0.15) is 10.2 Å². The van der Waals surface area contributed by atoms with Crippen LogP contribution in [0.15, 0.2) is 61.3 Å². The number of methoxy groups -OCH3 is 1. The Balaban J connectivity index is 1.50. The first-order valence-electron chi connectivity index (χ1n) is 8.00. The standard InChI is InChI=1S/C18H16N6O2/c1-26-16-6-3-2-5-15(16)24-12-14(11-22-24)18(25)20-9-13-10-21-23-8-4-7-19-17(13)23/h2-8,10-12H,9H2,1H3,(H,20,25). The van der Waals surface area contributed by atoms with E-state index in [2.05, 4.69) is 20.5 Å². The van der Waals surface area contributed by atoms with Crippen LogP contribution in [0.3, 0.4) is 0 Å². The maximum atomic E-state index is 12.4. The van der Waals surface area contributed by atoms with Gasteiger partial charge in [0.25, 0.3) is 5.91 Å². The highest BCUT2D eigenvalue weighted by atomic mass is 16.5. The normalized spacial score (nSPS) is 10.8. The van der Waals surface area contributed by atoms with E-state index in [4.69, 9.17) is 4.74 Å². The minimum Gasteiger partial charge on any atom is -0.494 e. The minimum atomic E-state index is -0.221. The fourth-order valence-electron chi connectivity index (χ4n) is 2.67. The number of fused-ring (bicyclic) bond motifs is 1. The van der Waals surface area contributed by atoms with Crippen LogP contribution in [0.25, 0.3) is 11.3 Å². The van der Waals surface area contributed by atoms with Crippen molar-refractivity contribution in [1.29, 1.82) is 0 Å². The lowest BCUT2D eigenvalue weighted by Gasteiger charge is -2.07. The third-order valence-corrected chi connectivity index (χ3v) is 3.97. The van der Waals surface area contributed by atoms with Crippen molar-refractivity contribution < 1.29 is 9.53 Å². The SMILES string of the molecule is COc1ccccc1-n1cc(C(=O)NCc2cnn3cccnc23)cn1. The number of para-hydroxylation sites is 2. The number of nitrogens with one attached hydrogen (secondary N) is 1. The highest BCUT2D eigenvalue weighted by Gasteiger charge is 2.13.